The Morgan fingerprint density at radius 2 is 1.84 bits per heavy atom. The molecule has 1 atom stereocenters. The van der Waals surface area contributed by atoms with Crippen LogP contribution in [0.4, 0.5) is 0 Å². The number of morpholine rings is 1. The summed E-state index contributed by atoms with van der Waals surface area (Å²) < 4.78 is 7.25. The van der Waals surface area contributed by atoms with Gasteiger partial charge in [-0.05, 0) is 36.8 Å². The number of fused-ring (bicyclic) bond motifs is 1. The standard InChI is InChI=1S/C23H25ClN4O3/c1-16(25-21(29)14-17-6-8-18(24)9-7-17)23-26-19-4-2-3-5-20(19)28(23)15-22(30)27-10-12-31-13-11-27/h2-9,16H,10-15H2,1H3,(H,25,29). The molecular weight excluding hydrogens is 416 g/mol. The Morgan fingerprint density at radius 3 is 2.58 bits per heavy atom. The van der Waals surface area contributed by atoms with Crippen molar-refractivity contribution >= 4 is 34.4 Å². The zero-order valence-corrected chi connectivity index (χ0v) is 18.1. The molecule has 1 N–H and O–H groups in total. The Balaban J connectivity index is 1.53. The monoisotopic (exact) mass is 440 g/mol. The number of para-hydroxylation sites is 2. The fraction of sp³-hybridized carbons (Fsp3) is 0.348. The Morgan fingerprint density at radius 1 is 1.13 bits per heavy atom. The minimum absolute atomic E-state index is 0.0207. The van der Waals surface area contributed by atoms with Crippen molar-refractivity contribution in [2.24, 2.45) is 0 Å². The molecule has 0 radical (unpaired) electrons. The highest BCUT2D eigenvalue weighted by atomic mass is 35.5. The van der Waals surface area contributed by atoms with Gasteiger partial charge in [-0.2, -0.15) is 0 Å². The molecule has 1 unspecified atom stereocenters. The van der Waals surface area contributed by atoms with E-state index >= 15 is 0 Å². The lowest BCUT2D eigenvalue weighted by molar-refractivity contribution is -0.135. The highest BCUT2D eigenvalue weighted by Crippen LogP contribution is 2.21. The molecular formula is C23H25ClN4O3. The number of carbonyl (C=O) groups is 2. The van der Waals surface area contributed by atoms with E-state index in [0.717, 1.165) is 16.6 Å². The molecule has 31 heavy (non-hydrogen) atoms. The highest BCUT2D eigenvalue weighted by molar-refractivity contribution is 6.30. The van der Waals surface area contributed by atoms with Crippen molar-refractivity contribution in [3.8, 4) is 0 Å². The lowest BCUT2D eigenvalue weighted by atomic mass is 10.1. The van der Waals surface area contributed by atoms with Gasteiger partial charge in [0.25, 0.3) is 0 Å². The molecule has 2 amide bonds. The summed E-state index contributed by atoms with van der Waals surface area (Å²) in [6.45, 7) is 4.35. The van der Waals surface area contributed by atoms with Crippen LogP contribution in [0, 0.1) is 0 Å². The molecule has 1 aliphatic heterocycles. The van der Waals surface area contributed by atoms with E-state index in [1.54, 1.807) is 12.1 Å². The van der Waals surface area contributed by atoms with Crippen molar-refractivity contribution < 1.29 is 14.3 Å². The van der Waals surface area contributed by atoms with E-state index in [-0.39, 0.29) is 30.8 Å². The van der Waals surface area contributed by atoms with Crippen LogP contribution in [0.3, 0.4) is 0 Å². The number of hydrogen-bond acceptors (Lipinski definition) is 4. The topological polar surface area (TPSA) is 76.5 Å². The molecule has 2 heterocycles. The molecule has 3 aromatic rings. The number of imidazole rings is 1. The first-order chi connectivity index (χ1) is 15.0. The van der Waals surface area contributed by atoms with E-state index in [1.165, 1.54) is 0 Å². The highest BCUT2D eigenvalue weighted by Gasteiger charge is 2.23. The van der Waals surface area contributed by atoms with Gasteiger partial charge in [0.15, 0.2) is 0 Å². The van der Waals surface area contributed by atoms with Gasteiger partial charge in [0.05, 0.1) is 36.7 Å². The summed E-state index contributed by atoms with van der Waals surface area (Å²) >= 11 is 5.92. The number of carbonyl (C=O) groups excluding carboxylic acids is 2. The summed E-state index contributed by atoms with van der Waals surface area (Å²) in [7, 11) is 0. The van der Waals surface area contributed by atoms with Gasteiger partial charge < -0.3 is 19.5 Å². The first kappa shape index (κ1) is 21.3. The molecule has 2 aromatic carbocycles. The van der Waals surface area contributed by atoms with Gasteiger partial charge in [-0.3, -0.25) is 9.59 Å². The van der Waals surface area contributed by atoms with E-state index in [0.29, 0.717) is 37.2 Å². The molecule has 8 heteroatoms. The Labute approximate surface area is 186 Å². The fourth-order valence-corrected chi connectivity index (χ4v) is 3.91. The van der Waals surface area contributed by atoms with Crippen molar-refractivity contribution in [2.75, 3.05) is 26.3 Å². The number of benzene rings is 2. The van der Waals surface area contributed by atoms with Gasteiger partial charge >= 0.3 is 0 Å². The summed E-state index contributed by atoms with van der Waals surface area (Å²) in [6, 6.07) is 14.5. The number of hydrogen-bond donors (Lipinski definition) is 1. The van der Waals surface area contributed by atoms with Crippen LogP contribution >= 0.6 is 11.6 Å². The van der Waals surface area contributed by atoms with E-state index in [9.17, 15) is 9.59 Å². The molecule has 1 fully saturated rings. The van der Waals surface area contributed by atoms with Crippen molar-refractivity contribution in [2.45, 2.75) is 25.9 Å². The normalized spacial score (nSPS) is 15.1. The SMILES string of the molecule is CC(NC(=O)Cc1ccc(Cl)cc1)c1nc2ccccc2n1CC(=O)N1CCOCC1. The lowest BCUT2D eigenvalue weighted by Gasteiger charge is -2.27. The lowest BCUT2D eigenvalue weighted by Crippen LogP contribution is -2.42. The molecule has 0 aliphatic carbocycles. The summed E-state index contributed by atoms with van der Waals surface area (Å²) in [6.07, 6.45) is 0.244. The Kier molecular flexibility index (Phi) is 6.53. The van der Waals surface area contributed by atoms with E-state index in [1.807, 2.05) is 52.8 Å². The second-order valence-electron chi connectivity index (χ2n) is 7.63. The molecule has 1 aliphatic rings. The molecule has 1 aromatic heterocycles. The Hall–Kier alpha value is -2.90. The molecule has 0 bridgehead atoms. The van der Waals surface area contributed by atoms with Gasteiger partial charge in [-0.15, -0.1) is 0 Å². The van der Waals surface area contributed by atoms with Crippen LogP contribution in [-0.2, 0) is 27.3 Å². The summed E-state index contributed by atoms with van der Waals surface area (Å²) in [4.78, 5) is 32.0. The van der Waals surface area contributed by atoms with Gasteiger partial charge in [-0.1, -0.05) is 35.9 Å². The summed E-state index contributed by atoms with van der Waals surface area (Å²) in [5.74, 6) is 0.563. The number of amides is 2. The first-order valence-electron chi connectivity index (χ1n) is 10.4. The quantitative estimate of drug-likeness (QED) is 0.639. The average molecular weight is 441 g/mol. The van der Waals surface area contributed by atoms with Gasteiger partial charge in [0.1, 0.15) is 12.4 Å². The number of halogens is 1. The zero-order valence-electron chi connectivity index (χ0n) is 17.4. The predicted molar refractivity (Wildman–Crippen MR) is 119 cm³/mol. The first-order valence-corrected chi connectivity index (χ1v) is 10.7. The predicted octanol–water partition coefficient (Wildman–Crippen LogP) is 2.97. The van der Waals surface area contributed by atoms with Crippen molar-refractivity contribution in [3.63, 3.8) is 0 Å². The van der Waals surface area contributed by atoms with Crippen LogP contribution in [0.15, 0.2) is 48.5 Å². The second-order valence-corrected chi connectivity index (χ2v) is 8.07. The smallest absolute Gasteiger partial charge is 0.242 e. The summed E-state index contributed by atoms with van der Waals surface area (Å²) in [5.41, 5.74) is 2.55. The van der Waals surface area contributed by atoms with Gasteiger partial charge in [0.2, 0.25) is 11.8 Å². The maximum absolute atomic E-state index is 12.9. The molecule has 0 saturated carbocycles. The largest absolute Gasteiger partial charge is 0.378 e. The van der Waals surface area contributed by atoms with Gasteiger partial charge in [-0.25, -0.2) is 4.98 Å². The van der Waals surface area contributed by atoms with Crippen molar-refractivity contribution in [3.05, 3.63) is 64.9 Å². The molecule has 0 spiro atoms. The van der Waals surface area contributed by atoms with E-state index < -0.39 is 0 Å². The van der Waals surface area contributed by atoms with E-state index in [4.69, 9.17) is 21.3 Å². The summed E-state index contributed by atoms with van der Waals surface area (Å²) in [5, 5.41) is 3.65. The van der Waals surface area contributed by atoms with Crippen LogP contribution in [-0.4, -0.2) is 52.6 Å². The minimum atomic E-state index is -0.357. The number of aromatic nitrogens is 2. The van der Waals surface area contributed by atoms with E-state index in [2.05, 4.69) is 5.32 Å². The Bertz CT molecular complexity index is 1070. The van der Waals surface area contributed by atoms with Gasteiger partial charge in [0, 0.05) is 18.1 Å². The zero-order chi connectivity index (χ0) is 21.8. The maximum atomic E-state index is 12.9. The molecule has 7 nitrogen and oxygen atoms in total. The van der Waals surface area contributed by atoms with Crippen molar-refractivity contribution in [1.29, 1.82) is 0 Å². The number of rotatable bonds is 6. The molecule has 1 saturated heterocycles. The maximum Gasteiger partial charge on any atom is 0.242 e. The second kappa shape index (κ2) is 9.49. The number of nitrogens with zero attached hydrogens (tertiary/aromatic N) is 3. The third-order valence-corrected chi connectivity index (χ3v) is 5.64. The fourth-order valence-electron chi connectivity index (χ4n) is 3.78. The van der Waals surface area contributed by atoms with Crippen molar-refractivity contribution in [1.82, 2.24) is 19.8 Å². The third-order valence-electron chi connectivity index (χ3n) is 5.38. The van der Waals surface area contributed by atoms with Crippen LogP contribution < -0.4 is 5.32 Å². The van der Waals surface area contributed by atoms with Crippen LogP contribution in [0.2, 0.25) is 5.02 Å². The van der Waals surface area contributed by atoms with Crippen LogP contribution in [0.1, 0.15) is 24.4 Å². The molecule has 4 rings (SSSR count). The third kappa shape index (κ3) is 5.06. The number of nitrogens with one attached hydrogen (secondary N) is 1. The van der Waals surface area contributed by atoms with Crippen LogP contribution in [0.5, 0.6) is 0 Å². The number of ether oxygens (including phenoxy) is 1. The molecule has 162 valence electrons. The average Bonchev–Trinajstić information content (AvgIpc) is 3.14. The minimum Gasteiger partial charge on any atom is -0.378 e. The van der Waals surface area contributed by atoms with Crippen LogP contribution in [0.25, 0.3) is 11.0 Å².